The van der Waals surface area contributed by atoms with Crippen molar-refractivity contribution in [3.8, 4) is 17.0 Å². The third kappa shape index (κ3) is 4.66. The number of benzene rings is 2. The van der Waals surface area contributed by atoms with Gasteiger partial charge in [0, 0.05) is 49.1 Å². The van der Waals surface area contributed by atoms with Crippen LogP contribution in [0.3, 0.4) is 0 Å². The minimum atomic E-state index is -3.11. The fourth-order valence-corrected chi connectivity index (χ4v) is 5.10. The second kappa shape index (κ2) is 8.66. The van der Waals surface area contributed by atoms with Gasteiger partial charge in [0.25, 0.3) is 5.56 Å². The summed E-state index contributed by atoms with van der Waals surface area (Å²) >= 11 is 0. The zero-order valence-corrected chi connectivity index (χ0v) is 19.2. The van der Waals surface area contributed by atoms with Gasteiger partial charge < -0.3 is 14.7 Å². The van der Waals surface area contributed by atoms with Crippen molar-refractivity contribution in [2.24, 2.45) is 0 Å². The lowest BCUT2D eigenvalue weighted by Crippen LogP contribution is -2.49. The van der Waals surface area contributed by atoms with Crippen molar-refractivity contribution < 1.29 is 13.2 Å². The van der Waals surface area contributed by atoms with Crippen molar-refractivity contribution in [2.75, 3.05) is 45.6 Å². The first-order chi connectivity index (χ1) is 15.9. The van der Waals surface area contributed by atoms with E-state index in [0.717, 1.165) is 39.8 Å². The minimum absolute atomic E-state index is 0.132. The molecule has 0 spiro atoms. The Labute approximate surface area is 191 Å². The molecule has 5 rings (SSSR count). The summed E-state index contributed by atoms with van der Waals surface area (Å²) in [7, 11) is -3.11. The van der Waals surface area contributed by atoms with Crippen LogP contribution in [0, 0.1) is 0 Å². The molecule has 2 N–H and O–H groups in total. The number of pyridine rings is 1. The van der Waals surface area contributed by atoms with E-state index in [9.17, 15) is 13.2 Å². The number of sulfonamides is 1. The highest BCUT2D eigenvalue weighted by Gasteiger charge is 2.23. The monoisotopic (exact) mass is 466 g/mol. The van der Waals surface area contributed by atoms with E-state index in [1.54, 1.807) is 0 Å². The first kappa shape index (κ1) is 21.7. The number of para-hydroxylation sites is 1. The molecule has 2 aromatic heterocycles. The van der Waals surface area contributed by atoms with Crippen molar-refractivity contribution in [1.29, 1.82) is 0 Å². The number of nitrogens with zero attached hydrogens (tertiary/aromatic N) is 2. The number of ether oxygens (including phenoxy) is 1. The quantitative estimate of drug-likeness (QED) is 0.455. The summed E-state index contributed by atoms with van der Waals surface area (Å²) in [5, 5.41) is 1.95. The van der Waals surface area contributed by atoms with Crippen LogP contribution in [0.25, 0.3) is 33.1 Å². The molecule has 1 fully saturated rings. The van der Waals surface area contributed by atoms with E-state index in [2.05, 4.69) is 14.9 Å². The largest absolute Gasteiger partial charge is 0.492 e. The molecule has 0 atom stereocenters. The fraction of sp³-hybridized carbons (Fsp3) is 0.292. The number of rotatable bonds is 6. The van der Waals surface area contributed by atoms with Crippen LogP contribution >= 0.6 is 0 Å². The Morgan fingerprint density at radius 1 is 0.909 bits per heavy atom. The van der Waals surface area contributed by atoms with Gasteiger partial charge in [0.2, 0.25) is 10.0 Å². The van der Waals surface area contributed by atoms with Crippen molar-refractivity contribution in [2.45, 2.75) is 0 Å². The van der Waals surface area contributed by atoms with E-state index >= 15 is 0 Å². The molecule has 0 radical (unpaired) electrons. The van der Waals surface area contributed by atoms with Crippen LogP contribution < -0.4 is 10.3 Å². The first-order valence-corrected chi connectivity index (χ1v) is 12.8. The number of fused-ring (bicyclic) bond motifs is 2. The summed E-state index contributed by atoms with van der Waals surface area (Å²) < 4.78 is 30.7. The van der Waals surface area contributed by atoms with E-state index < -0.39 is 10.0 Å². The van der Waals surface area contributed by atoms with Crippen LogP contribution in [0.5, 0.6) is 5.75 Å². The van der Waals surface area contributed by atoms with E-state index in [-0.39, 0.29) is 5.56 Å². The highest BCUT2D eigenvalue weighted by Crippen LogP contribution is 2.27. The van der Waals surface area contributed by atoms with E-state index in [4.69, 9.17) is 4.74 Å². The van der Waals surface area contributed by atoms with Crippen LogP contribution in [-0.2, 0) is 10.0 Å². The Kier molecular flexibility index (Phi) is 5.69. The van der Waals surface area contributed by atoms with Gasteiger partial charge in [0.15, 0.2) is 0 Å². The van der Waals surface area contributed by atoms with Gasteiger partial charge in [-0.15, -0.1) is 0 Å². The van der Waals surface area contributed by atoms with Crippen molar-refractivity contribution in [1.82, 2.24) is 19.2 Å². The van der Waals surface area contributed by atoms with E-state index in [1.165, 1.54) is 10.6 Å². The standard InChI is InChI=1S/C24H26N4O4S/c1-33(30,31)28-10-8-27(9-11-28)12-13-32-19-6-7-22-18(14-19)16-23(25-22)20-15-17-4-2-3-5-21(17)26-24(20)29/h2-7,14-16,25H,8-13H2,1H3,(H,26,29). The van der Waals surface area contributed by atoms with Gasteiger partial charge >= 0.3 is 0 Å². The summed E-state index contributed by atoms with van der Waals surface area (Å²) in [6.07, 6.45) is 1.25. The lowest BCUT2D eigenvalue weighted by Gasteiger charge is -2.33. The molecule has 1 saturated heterocycles. The maximum atomic E-state index is 12.6. The molecule has 0 unspecified atom stereocenters. The summed E-state index contributed by atoms with van der Waals surface area (Å²) in [6, 6.07) is 17.4. The zero-order chi connectivity index (χ0) is 23.0. The lowest BCUT2D eigenvalue weighted by molar-refractivity contribution is 0.159. The topological polar surface area (TPSA) is 98.5 Å². The van der Waals surface area contributed by atoms with Crippen LogP contribution in [0.1, 0.15) is 0 Å². The molecule has 1 aliphatic rings. The molecule has 0 amide bonds. The smallest absolute Gasteiger partial charge is 0.257 e. The second-order valence-electron chi connectivity index (χ2n) is 8.38. The van der Waals surface area contributed by atoms with E-state index in [1.807, 2.05) is 54.6 Å². The fourth-order valence-electron chi connectivity index (χ4n) is 4.27. The maximum Gasteiger partial charge on any atom is 0.257 e. The average molecular weight is 467 g/mol. The first-order valence-electron chi connectivity index (χ1n) is 10.9. The number of hydrogen-bond acceptors (Lipinski definition) is 5. The molecule has 172 valence electrons. The Bertz CT molecular complexity index is 1470. The van der Waals surface area contributed by atoms with Gasteiger partial charge in [0.1, 0.15) is 12.4 Å². The van der Waals surface area contributed by atoms with Crippen molar-refractivity contribution >= 4 is 31.8 Å². The molecule has 0 aliphatic carbocycles. The summed E-state index contributed by atoms with van der Waals surface area (Å²) in [4.78, 5) is 21.1. The van der Waals surface area contributed by atoms with Crippen LogP contribution in [0.4, 0.5) is 0 Å². The van der Waals surface area contributed by atoms with Gasteiger partial charge in [-0.3, -0.25) is 9.69 Å². The predicted octanol–water partition coefficient (Wildman–Crippen LogP) is 2.63. The molecule has 9 heteroatoms. The molecule has 2 aromatic carbocycles. The highest BCUT2D eigenvalue weighted by molar-refractivity contribution is 7.88. The number of hydrogen-bond donors (Lipinski definition) is 2. The molecule has 4 aromatic rings. The SMILES string of the molecule is CS(=O)(=O)N1CCN(CCOc2ccc3[nH]c(-c4cc5ccccc5[nH]c4=O)cc3c2)CC1. The van der Waals surface area contributed by atoms with Crippen molar-refractivity contribution in [3.05, 3.63) is 65.0 Å². The molecule has 3 heterocycles. The molecular formula is C24H26N4O4S. The molecule has 0 saturated carbocycles. The van der Waals surface area contributed by atoms with Crippen LogP contribution in [-0.4, -0.2) is 73.2 Å². The molecule has 1 aliphatic heterocycles. The van der Waals surface area contributed by atoms with Gasteiger partial charge in [-0.25, -0.2) is 8.42 Å². The number of aromatic nitrogens is 2. The number of H-pyrrole nitrogens is 2. The average Bonchev–Trinajstić information content (AvgIpc) is 3.21. The number of piperazine rings is 1. The van der Waals surface area contributed by atoms with Gasteiger partial charge in [-0.1, -0.05) is 18.2 Å². The van der Waals surface area contributed by atoms with Gasteiger partial charge in [-0.2, -0.15) is 4.31 Å². The zero-order valence-electron chi connectivity index (χ0n) is 18.4. The Morgan fingerprint density at radius 2 is 1.67 bits per heavy atom. The molecule has 0 bridgehead atoms. The maximum absolute atomic E-state index is 12.6. The summed E-state index contributed by atoms with van der Waals surface area (Å²) in [6.45, 7) is 3.70. The van der Waals surface area contributed by atoms with Crippen molar-refractivity contribution in [3.63, 3.8) is 0 Å². The second-order valence-corrected chi connectivity index (χ2v) is 10.4. The third-order valence-electron chi connectivity index (χ3n) is 6.11. The Hall–Kier alpha value is -3.14. The Morgan fingerprint density at radius 3 is 2.45 bits per heavy atom. The lowest BCUT2D eigenvalue weighted by atomic mass is 10.1. The summed E-state index contributed by atoms with van der Waals surface area (Å²) in [5.41, 5.74) is 2.98. The van der Waals surface area contributed by atoms with Crippen LogP contribution in [0.15, 0.2) is 59.4 Å². The Balaban J connectivity index is 1.26. The van der Waals surface area contributed by atoms with E-state index in [0.29, 0.717) is 38.3 Å². The van der Waals surface area contributed by atoms with Gasteiger partial charge in [-0.05, 0) is 41.8 Å². The molecule has 8 nitrogen and oxygen atoms in total. The number of aromatic amines is 2. The number of nitrogens with one attached hydrogen (secondary N) is 2. The third-order valence-corrected chi connectivity index (χ3v) is 7.42. The predicted molar refractivity (Wildman–Crippen MR) is 130 cm³/mol. The molecular weight excluding hydrogens is 440 g/mol. The van der Waals surface area contributed by atoms with Gasteiger partial charge in [0.05, 0.1) is 17.5 Å². The highest BCUT2D eigenvalue weighted by atomic mass is 32.2. The molecule has 33 heavy (non-hydrogen) atoms. The minimum Gasteiger partial charge on any atom is -0.492 e. The summed E-state index contributed by atoms with van der Waals surface area (Å²) in [5.74, 6) is 0.759. The normalized spacial score (nSPS) is 15.9. The van der Waals surface area contributed by atoms with Crippen LogP contribution in [0.2, 0.25) is 0 Å².